The summed E-state index contributed by atoms with van der Waals surface area (Å²) in [4.78, 5) is 20.4. The van der Waals surface area contributed by atoms with Crippen molar-refractivity contribution < 1.29 is 19.8 Å². The van der Waals surface area contributed by atoms with E-state index in [1.165, 1.54) is 0 Å². The van der Waals surface area contributed by atoms with Crippen molar-refractivity contribution in [2.45, 2.75) is 45.4 Å². The van der Waals surface area contributed by atoms with Gasteiger partial charge in [0.2, 0.25) is 0 Å². The Bertz CT molecular complexity index is 243. The summed E-state index contributed by atoms with van der Waals surface area (Å²) < 4.78 is 0. The fraction of sp³-hybridized carbons (Fsp3) is 0.636. The van der Waals surface area contributed by atoms with Gasteiger partial charge in [-0.25, -0.2) is 0 Å². The molecule has 0 atom stereocenters. The van der Waals surface area contributed by atoms with E-state index in [9.17, 15) is 9.59 Å². The fourth-order valence-electron chi connectivity index (χ4n) is 1.22. The lowest BCUT2D eigenvalue weighted by atomic mass is 10.1. The molecule has 0 spiro atoms. The molecule has 15 heavy (non-hydrogen) atoms. The third-order valence-corrected chi connectivity index (χ3v) is 2.09. The molecule has 4 nitrogen and oxygen atoms in total. The molecule has 0 aromatic carbocycles. The molecule has 86 valence electrons. The Labute approximate surface area is 89.6 Å². The van der Waals surface area contributed by atoms with Crippen molar-refractivity contribution in [2.24, 2.45) is 0 Å². The van der Waals surface area contributed by atoms with Gasteiger partial charge in [-0.2, -0.15) is 0 Å². The van der Waals surface area contributed by atoms with Crippen molar-refractivity contribution in [3.8, 4) is 0 Å². The Balaban J connectivity index is 3.46. The summed E-state index contributed by atoms with van der Waals surface area (Å²) in [6.07, 6.45) is 5.35. The minimum Gasteiger partial charge on any atom is -0.481 e. The lowest BCUT2D eigenvalue weighted by Crippen LogP contribution is -1.94. The fourth-order valence-corrected chi connectivity index (χ4v) is 1.22. The Morgan fingerprint density at radius 3 is 2.13 bits per heavy atom. The maximum absolute atomic E-state index is 10.2. The molecule has 4 heteroatoms. The highest BCUT2D eigenvalue weighted by Gasteiger charge is 1.98. The molecule has 0 fully saturated rings. The second-order valence-electron chi connectivity index (χ2n) is 3.60. The van der Waals surface area contributed by atoms with E-state index in [2.05, 4.69) is 0 Å². The van der Waals surface area contributed by atoms with Gasteiger partial charge in [0, 0.05) is 6.42 Å². The molecule has 0 saturated carbocycles. The number of carboxylic acid groups (broad SMARTS) is 2. The number of carbonyl (C=O) groups is 2. The van der Waals surface area contributed by atoms with Crippen molar-refractivity contribution in [3.05, 3.63) is 11.6 Å². The first-order valence-electron chi connectivity index (χ1n) is 5.11. The van der Waals surface area contributed by atoms with Gasteiger partial charge >= 0.3 is 11.9 Å². The van der Waals surface area contributed by atoms with Gasteiger partial charge < -0.3 is 10.2 Å². The largest absolute Gasteiger partial charge is 0.481 e. The van der Waals surface area contributed by atoms with Crippen LogP contribution in [0.15, 0.2) is 11.6 Å². The second kappa shape index (κ2) is 8.03. The van der Waals surface area contributed by atoms with Gasteiger partial charge in [0.1, 0.15) is 0 Å². The van der Waals surface area contributed by atoms with Gasteiger partial charge in [-0.1, -0.05) is 18.1 Å². The Morgan fingerprint density at radius 2 is 1.60 bits per heavy atom. The molecule has 0 aromatic rings. The average Bonchev–Trinajstić information content (AvgIpc) is 2.13. The van der Waals surface area contributed by atoms with Crippen molar-refractivity contribution in [1.82, 2.24) is 0 Å². The molecule has 0 bridgehead atoms. The van der Waals surface area contributed by atoms with Gasteiger partial charge in [0.15, 0.2) is 0 Å². The van der Waals surface area contributed by atoms with Crippen LogP contribution in [0.4, 0.5) is 0 Å². The topological polar surface area (TPSA) is 74.6 Å². The van der Waals surface area contributed by atoms with Crippen molar-refractivity contribution >= 4 is 11.9 Å². The average molecular weight is 214 g/mol. The number of hydrogen-bond acceptors (Lipinski definition) is 2. The Hall–Kier alpha value is -1.32. The van der Waals surface area contributed by atoms with Crippen LogP contribution in [0.2, 0.25) is 0 Å². The molecule has 0 amide bonds. The first-order chi connectivity index (χ1) is 7.02. The molecule has 0 heterocycles. The third kappa shape index (κ3) is 10.6. The van der Waals surface area contributed by atoms with E-state index in [1.807, 2.05) is 6.92 Å². The smallest absolute Gasteiger partial charge is 0.307 e. The minimum absolute atomic E-state index is 0.0704. The molecule has 0 rings (SSSR count). The van der Waals surface area contributed by atoms with E-state index in [4.69, 9.17) is 10.2 Å². The maximum Gasteiger partial charge on any atom is 0.307 e. The van der Waals surface area contributed by atoms with E-state index < -0.39 is 11.9 Å². The third-order valence-electron chi connectivity index (χ3n) is 2.09. The van der Waals surface area contributed by atoms with Crippen LogP contribution in [-0.4, -0.2) is 22.2 Å². The normalized spacial score (nSPS) is 11.4. The molecule has 0 aliphatic rings. The lowest BCUT2D eigenvalue weighted by molar-refractivity contribution is -0.137. The molecule has 0 unspecified atom stereocenters. The predicted molar refractivity (Wildman–Crippen MR) is 56.7 cm³/mol. The second-order valence-corrected chi connectivity index (χ2v) is 3.60. The highest BCUT2D eigenvalue weighted by Crippen LogP contribution is 2.10. The molecule has 0 saturated heterocycles. The summed E-state index contributed by atoms with van der Waals surface area (Å²) in [7, 11) is 0. The van der Waals surface area contributed by atoms with Crippen LogP contribution in [0.3, 0.4) is 0 Å². The minimum atomic E-state index is -0.819. The Kier molecular flexibility index (Phi) is 7.32. The van der Waals surface area contributed by atoms with Crippen LogP contribution in [0.25, 0.3) is 0 Å². The molecule has 0 aromatic heterocycles. The van der Waals surface area contributed by atoms with Gasteiger partial charge in [-0.05, 0) is 26.2 Å². The van der Waals surface area contributed by atoms with E-state index in [-0.39, 0.29) is 12.8 Å². The highest BCUT2D eigenvalue weighted by atomic mass is 16.4. The van der Waals surface area contributed by atoms with E-state index in [0.29, 0.717) is 6.42 Å². The zero-order valence-electron chi connectivity index (χ0n) is 9.03. The standard InChI is InChI=1S/C11H18O4/c1-9(7-8-11(14)15)5-3-2-4-6-10(12)13/h7H,2-6,8H2,1H3,(H,12,13)(H,14,15). The quantitative estimate of drug-likeness (QED) is 0.480. The predicted octanol–water partition coefficient (Wildman–Crippen LogP) is 2.44. The molecule has 0 radical (unpaired) electrons. The summed E-state index contributed by atoms with van der Waals surface area (Å²) in [5.41, 5.74) is 1.06. The number of aliphatic carboxylic acids is 2. The lowest BCUT2D eigenvalue weighted by Gasteiger charge is -2.00. The number of allylic oxidation sites excluding steroid dienone is 1. The van der Waals surface area contributed by atoms with Crippen LogP contribution < -0.4 is 0 Å². The van der Waals surface area contributed by atoms with Crippen LogP contribution in [0, 0.1) is 0 Å². The van der Waals surface area contributed by atoms with Crippen LogP contribution >= 0.6 is 0 Å². The Morgan fingerprint density at radius 1 is 1.00 bits per heavy atom. The van der Waals surface area contributed by atoms with Gasteiger partial charge in [0.25, 0.3) is 0 Å². The van der Waals surface area contributed by atoms with Crippen molar-refractivity contribution in [3.63, 3.8) is 0 Å². The van der Waals surface area contributed by atoms with Gasteiger partial charge in [0.05, 0.1) is 6.42 Å². The first-order valence-corrected chi connectivity index (χ1v) is 5.11. The molecule has 0 aliphatic carbocycles. The van der Waals surface area contributed by atoms with Crippen molar-refractivity contribution in [1.29, 1.82) is 0 Å². The summed E-state index contributed by atoms with van der Waals surface area (Å²) in [5, 5.41) is 16.8. The first kappa shape index (κ1) is 13.7. The molecule has 0 aliphatic heterocycles. The van der Waals surface area contributed by atoms with Crippen LogP contribution in [0.1, 0.15) is 45.4 Å². The van der Waals surface area contributed by atoms with E-state index >= 15 is 0 Å². The highest BCUT2D eigenvalue weighted by molar-refractivity contribution is 5.68. The van der Waals surface area contributed by atoms with Gasteiger partial charge in [-0.3, -0.25) is 9.59 Å². The van der Waals surface area contributed by atoms with Crippen LogP contribution in [-0.2, 0) is 9.59 Å². The summed E-state index contributed by atoms with van der Waals surface area (Å²) >= 11 is 0. The summed E-state index contributed by atoms with van der Waals surface area (Å²) in [6.45, 7) is 1.90. The SMILES string of the molecule is CC(=CCC(=O)O)CCCCCC(=O)O. The molecular weight excluding hydrogens is 196 g/mol. The summed E-state index contributed by atoms with van der Waals surface area (Å²) in [6, 6.07) is 0. The molecular formula is C11H18O4. The van der Waals surface area contributed by atoms with Gasteiger partial charge in [-0.15, -0.1) is 0 Å². The van der Waals surface area contributed by atoms with Crippen LogP contribution in [0.5, 0.6) is 0 Å². The zero-order valence-corrected chi connectivity index (χ0v) is 9.03. The number of rotatable bonds is 8. The molecule has 2 N–H and O–H groups in total. The number of hydrogen-bond donors (Lipinski definition) is 2. The number of unbranched alkanes of at least 4 members (excludes halogenated alkanes) is 2. The van der Waals surface area contributed by atoms with Crippen molar-refractivity contribution in [2.75, 3.05) is 0 Å². The van der Waals surface area contributed by atoms with E-state index in [0.717, 1.165) is 24.8 Å². The maximum atomic E-state index is 10.2. The summed E-state index contributed by atoms with van der Waals surface area (Å²) in [5.74, 6) is -1.58. The zero-order chi connectivity index (χ0) is 11.7. The monoisotopic (exact) mass is 214 g/mol. The number of carboxylic acids is 2. The van der Waals surface area contributed by atoms with E-state index in [1.54, 1.807) is 6.08 Å².